The number of nitrogens with zero attached hydrogens (tertiary/aromatic N) is 2. The molecule has 1 aromatic carbocycles. The molecule has 16 heavy (non-hydrogen) atoms. The van der Waals surface area contributed by atoms with Crippen LogP contribution in [0.5, 0.6) is 11.8 Å². The quantitative estimate of drug-likeness (QED) is 0.853. The molecule has 0 atom stereocenters. The van der Waals surface area contributed by atoms with Crippen molar-refractivity contribution >= 4 is 0 Å². The first-order chi connectivity index (χ1) is 7.78. The lowest BCUT2D eigenvalue weighted by molar-refractivity contribution is 0.281. The molecule has 0 saturated carbocycles. The smallest absolute Gasteiger partial charge is 0.322 e. The third kappa shape index (κ3) is 2.55. The fraction of sp³-hybridized carbons (Fsp3) is 0.167. The Morgan fingerprint density at radius 1 is 1.19 bits per heavy atom. The number of rotatable bonds is 3. The van der Waals surface area contributed by atoms with Gasteiger partial charge in [0, 0.05) is 11.9 Å². The van der Waals surface area contributed by atoms with Crippen LogP contribution in [0.2, 0.25) is 0 Å². The maximum absolute atomic E-state index is 8.89. The Kier molecular flexibility index (Phi) is 3.12. The van der Waals surface area contributed by atoms with E-state index >= 15 is 0 Å². The zero-order valence-corrected chi connectivity index (χ0v) is 8.92. The fourth-order valence-electron chi connectivity index (χ4n) is 1.24. The van der Waals surface area contributed by atoms with Crippen LogP contribution >= 0.6 is 0 Å². The molecule has 4 heteroatoms. The van der Waals surface area contributed by atoms with Crippen molar-refractivity contribution in [2.24, 2.45) is 0 Å². The summed E-state index contributed by atoms with van der Waals surface area (Å²) >= 11 is 0. The Morgan fingerprint density at radius 3 is 2.56 bits per heavy atom. The molecule has 0 amide bonds. The number of aliphatic hydroxyl groups is 1. The summed E-state index contributed by atoms with van der Waals surface area (Å²) in [5.74, 6) is 0.655. The molecule has 0 spiro atoms. The normalized spacial score (nSPS) is 10.1. The first-order valence-electron chi connectivity index (χ1n) is 4.95. The molecule has 0 unspecified atom stereocenters. The van der Waals surface area contributed by atoms with E-state index in [0.717, 1.165) is 11.3 Å². The number of aryl methyl sites for hydroxylation is 1. The molecule has 2 aromatic rings. The second kappa shape index (κ2) is 4.72. The molecule has 0 bridgehead atoms. The average molecular weight is 216 g/mol. The van der Waals surface area contributed by atoms with Gasteiger partial charge in [-0.2, -0.15) is 0 Å². The third-order valence-corrected chi connectivity index (χ3v) is 2.09. The maximum Gasteiger partial charge on any atom is 0.322 e. The lowest BCUT2D eigenvalue weighted by Crippen LogP contribution is -1.93. The van der Waals surface area contributed by atoms with E-state index in [1.165, 1.54) is 0 Å². The lowest BCUT2D eigenvalue weighted by atomic mass is 10.2. The summed E-state index contributed by atoms with van der Waals surface area (Å²) < 4.78 is 5.45. The van der Waals surface area contributed by atoms with Crippen molar-refractivity contribution in [1.82, 2.24) is 9.97 Å². The van der Waals surface area contributed by atoms with E-state index in [9.17, 15) is 0 Å². The summed E-state index contributed by atoms with van der Waals surface area (Å²) in [5, 5.41) is 8.89. The second-order valence-electron chi connectivity index (χ2n) is 3.38. The Morgan fingerprint density at radius 2 is 1.94 bits per heavy atom. The highest BCUT2D eigenvalue weighted by Gasteiger charge is 2.00. The Labute approximate surface area is 93.6 Å². The van der Waals surface area contributed by atoms with Gasteiger partial charge in [0.1, 0.15) is 5.75 Å². The predicted molar refractivity (Wildman–Crippen MR) is 59.2 cm³/mol. The highest BCUT2D eigenvalue weighted by molar-refractivity contribution is 5.28. The number of hydrogen-bond donors (Lipinski definition) is 1. The van der Waals surface area contributed by atoms with Gasteiger partial charge in [-0.05, 0) is 30.7 Å². The molecule has 0 aliphatic rings. The molecule has 82 valence electrons. The van der Waals surface area contributed by atoms with Crippen molar-refractivity contribution in [1.29, 1.82) is 0 Å². The lowest BCUT2D eigenvalue weighted by Gasteiger charge is -2.04. The fourth-order valence-corrected chi connectivity index (χ4v) is 1.24. The van der Waals surface area contributed by atoms with Crippen LogP contribution in [0.3, 0.4) is 0 Å². The highest BCUT2D eigenvalue weighted by atomic mass is 16.5. The zero-order valence-electron chi connectivity index (χ0n) is 8.92. The van der Waals surface area contributed by atoms with Gasteiger partial charge in [0.25, 0.3) is 0 Å². The summed E-state index contributed by atoms with van der Waals surface area (Å²) in [6, 6.07) is 9.28. The molecule has 2 rings (SSSR count). The molecular formula is C12H12N2O2. The first kappa shape index (κ1) is 10.6. The zero-order chi connectivity index (χ0) is 11.4. The van der Waals surface area contributed by atoms with E-state index in [1.807, 2.05) is 13.0 Å². The Bertz CT molecular complexity index is 469. The summed E-state index contributed by atoms with van der Waals surface area (Å²) in [4.78, 5) is 8.12. The van der Waals surface area contributed by atoms with E-state index in [-0.39, 0.29) is 6.61 Å². The van der Waals surface area contributed by atoms with Gasteiger partial charge >= 0.3 is 6.01 Å². The van der Waals surface area contributed by atoms with Crippen LogP contribution in [0, 0.1) is 6.92 Å². The standard InChI is InChI=1S/C12H12N2O2/c1-9-6-7-13-12(14-9)16-11-4-2-10(8-15)3-5-11/h2-7,15H,8H2,1H3. The Balaban J connectivity index is 2.14. The molecule has 1 heterocycles. The minimum Gasteiger partial charge on any atom is -0.424 e. The number of hydrogen-bond acceptors (Lipinski definition) is 4. The second-order valence-corrected chi connectivity index (χ2v) is 3.38. The number of ether oxygens (including phenoxy) is 1. The van der Waals surface area contributed by atoms with Crippen LogP contribution in [0.15, 0.2) is 36.5 Å². The SMILES string of the molecule is Cc1ccnc(Oc2ccc(CO)cc2)n1. The molecule has 0 radical (unpaired) electrons. The summed E-state index contributed by atoms with van der Waals surface area (Å²) in [5.41, 5.74) is 1.70. The minimum absolute atomic E-state index is 0.0290. The van der Waals surface area contributed by atoms with E-state index < -0.39 is 0 Å². The van der Waals surface area contributed by atoms with Crippen molar-refractivity contribution in [2.75, 3.05) is 0 Å². The predicted octanol–water partition coefficient (Wildman–Crippen LogP) is 2.07. The van der Waals surface area contributed by atoms with Gasteiger partial charge in [-0.3, -0.25) is 0 Å². The van der Waals surface area contributed by atoms with Crippen molar-refractivity contribution < 1.29 is 9.84 Å². The molecule has 1 aromatic heterocycles. The van der Waals surface area contributed by atoms with Crippen LogP contribution < -0.4 is 4.74 Å². The monoisotopic (exact) mass is 216 g/mol. The van der Waals surface area contributed by atoms with Crippen LogP contribution in [-0.4, -0.2) is 15.1 Å². The molecular weight excluding hydrogens is 204 g/mol. The van der Waals surface area contributed by atoms with Crippen molar-refractivity contribution in [2.45, 2.75) is 13.5 Å². The Hall–Kier alpha value is -1.94. The summed E-state index contributed by atoms with van der Waals surface area (Å²) in [7, 11) is 0. The van der Waals surface area contributed by atoms with Gasteiger partial charge in [-0.15, -0.1) is 0 Å². The van der Waals surface area contributed by atoms with Crippen LogP contribution in [0.4, 0.5) is 0 Å². The molecule has 1 N–H and O–H groups in total. The highest BCUT2D eigenvalue weighted by Crippen LogP contribution is 2.17. The number of aromatic nitrogens is 2. The molecule has 0 aliphatic carbocycles. The van der Waals surface area contributed by atoms with Crippen molar-refractivity contribution in [3.05, 3.63) is 47.8 Å². The number of benzene rings is 1. The third-order valence-electron chi connectivity index (χ3n) is 2.09. The largest absolute Gasteiger partial charge is 0.424 e. The van der Waals surface area contributed by atoms with Gasteiger partial charge < -0.3 is 9.84 Å². The maximum atomic E-state index is 8.89. The number of aliphatic hydroxyl groups excluding tert-OH is 1. The van der Waals surface area contributed by atoms with E-state index in [4.69, 9.17) is 9.84 Å². The van der Waals surface area contributed by atoms with Gasteiger partial charge in [0.15, 0.2) is 0 Å². The van der Waals surface area contributed by atoms with Gasteiger partial charge in [-0.1, -0.05) is 12.1 Å². The molecule has 0 saturated heterocycles. The van der Waals surface area contributed by atoms with Crippen LogP contribution in [0.25, 0.3) is 0 Å². The van der Waals surface area contributed by atoms with Gasteiger partial charge in [-0.25, -0.2) is 9.97 Å². The van der Waals surface area contributed by atoms with Crippen LogP contribution in [0.1, 0.15) is 11.3 Å². The van der Waals surface area contributed by atoms with E-state index in [0.29, 0.717) is 11.8 Å². The average Bonchev–Trinajstić information content (AvgIpc) is 2.30. The first-order valence-corrected chi connectivity index (χ1v) is 4.95. The summed E-state index contributed by atoms with van der Waals surface area (Å²) in [6.45, 7) is 1.91. The van der Waals surface area contributed by atoms with Crippen LogP contribution in [-0.2, 0) is 6.61 Å². The van der Waals surface area contributed by atoms with Crippen molar-refractivity contribution in [3.8, 4) is 11.8 Å². The van der Waals surface area contributed by atoms with Gasteiger partial charge in [0.2, 0.25) is 0 Å². The minimum atomic E-state index is 0.0290. The van der Waals surface area contributed by atoms with Crippen molar-refractivity contribution in [3.63, 3.8) is 0 Å². The topological polar surface area (TPSA) is 55.2 Å². The molecule has 0 aliphatic heterocycles. The summed E-state index contributed by atoms with van der Waals surface area (Å²) in [6.07, 6.45) is 1.65. The van der Waals surface area contributed by atoms with E-state index in [1.54, 1.807) is 30.5 Å². The molecule has 4 nitrogen and oxygen atoms in total. The van der Waals surface area contributed by atoms with E-state index in [2.05, 4.69) is 9.97 Å². The van der Waals surface area contributed by atoms with Gasteiger partial charge in [0.05, 0.1) is 6.61 Å². The molecule has 0 fully saturated rings.